The Hall–Kier alpha value is -3.20. The number of methoxy groups -OCH3 is 1. The summed E-state index contributed by atoms with van der Waals surface area (Å²) in [5, 5.41) is 3.04. The fourth-order valence-corrected chi connectivity index (χ4v) is 4.30. The lowest BCUT2D eigenvalue weighted by Crippen LogP contribution is -2.36. The number of thioether (sulfide) groups is 1. The summed E-state index contributed by atoms with van der Waals surface area (Å²) in [5.41, 5.74) is 1.12. The highest BCUT2D eigenvalue weighted by Crippen LogP contribution is 2.36. The van der Waals surface area contributed by atoms with E-state index in [2.05, 4.69) is 5.32 Å². The van der Waals surface area contributed by atoms with Crippen LogP contribution in [0.15, 0.2) is 63.9 Å². The first-order valence-corrected chi connectivity index (χ1v) is 11.2. The van der Waals surface area contributed by atoms with E-state index in [1.807, 2.05) is 0 Å². The van der Waals surface area contributed by atoms with Gasteiger partial charge in [-0.3, -0.25) is 19.3 Å². The van der Waals surface area contributed by atoms with Crippen molar-refractivity contribution < 1.29 is 23.5 Å². The fraction of sp³-hybridized carbons (Fsp3) is 0.0870. The minimum atomic E-state index is -0.579. The minimum absolute atomic E-state index is 0.148. The molecule has 1 aliphatic rings. The molecule has 2 aromatic carbocycles. The maximum atomic E-state index is 12.7. The molecule has 3 aromatic rings. The monoisotopic (exact) mass is 502 g/mol. The van der Waals surface area contributed by atoms with Crippen molar-refractivity contribution in [1.82, 2.24) is 4.90 Å². The third-order valence-corrected chi connectivity index (χ3v) is 5.99. The number of hydrogen-bond acceptors (Lipinski definition) is 6. The van der Waals surface area contributed by atoms with Crippen molar-refractivity contribution in [3.63, 3.8) is 0 Å². The van der Waals surface area contributed by atoms with Crippen LogP contribution in [0.5, 0.6) is 5.75 Å². The smallest absolute Gasteiger partial charge is 0.294 e. The average molecular weight is 503 g/mol. The van der Waals surface area contributed by atoms with Crippen LogP contribution in [-0.4, -0.2) is 35.6 Å². The van der Waals surface area contributed by atoms with Crippen molar-refractivity contribution in [3.05, 3.63) is 75.3 Å². The molecule has 1 aromatic heterocycles. The summed E-state index contributed by atoms with van der Waals surface area (Å²) in [6, 6.07) is 15.1. The van der Waals surface area contributed by atoms with Gasteiger partial charge >= 0.3 is 0 Å². The molecule has 0 aliphatic carbocycles. The molecule has 0 atom stereocenters. The standard InChI is InChI=1S/C23H16Cl2N2O5S/c1-31-18-7-5-14(25)10-17(18)19-8-6-16(32-19)11-20-22(29)27(23(30)33-20)12-21(28)26-15-4-2-3-13(24)9-15/h2-11H,12H2,1H3,(H,26,28)/b20-11+. The summed E-state index contributed by atoms with van der Waals surface area (Å²) >= 11 is 12.7. The predicted octanol–water partition coefficient (Wildman–Crippen LogP) is 5.94. The predicted molar refractivity (Wildman–Crippen MR) is 128 cm³/mol. The van der Waals surface area contributed by atoms with E-state index in [1.54, 1.807) is 54.6 Å². The molecule has 1 aliphatic heterocycles. The molecule has 0 unspecified atom stereocenters. The Morgan fingerprint density at radius 3 is 2.67 bits per heavy atom. The number of carbonyl (C=O) groups excluding carboxylic acids is 3. The van der Waals surface area contributed by atoms with Gasteiger partial charge in [-0.05, 0) is 60.3 Å². The molecule has 0 radical (unpaired) electrons. The summed E-state index contributed by atoms with van der Waals surface area (Å²) in [7, 11) is 1.54. The van der Waals surface area contributed by atoms with Gasteiger partial charge in [0.25, 0.3) is 11.1 Å². The summed E-state index contributed by atoms with van der Waals surface area (Å²) in [6.45, 7) is -0.419. The van der Waals surface area contributed by atoms with Crippen molar-refractivity contribution in [2.24, 2.45) is 0 Å². The number of nitrogens with one attached hydrogen (secondary N) is 1. The number of halogens is 2. The first-order chi connectivity index (χ1) is 15.8. The normalized spacial score (nSPS) is 14.8. The summed E-state index contributed by atoms with van der Waals surface area (Å²) in [6.07, 6.45) is 1.46. The van der Waals surface area contributed by atoms with E-state index in [1.165, 1.54) is 13.2 Å². The van der Waals surface area contributed by atoms with E-state index in [0.29, 0.717) is 38.6 Å². The van der Waals surface area contributed by atoms with E-state index in [9.17, 15) is 14.4 Å². The highest BCUT2D eigenvalue weighted by atomic mass is 35.5. The Balaban J connectivity index is 1.48. The number of rotatable bonds is 6. The fourth-order valence-electron chi connectivity index (χ4n) is 3.12. The second-order valence-corrected chi connectivity index (χ2v) is 8.74. The van der Waals surface area contributed by atoms with Crippen LogP contribution in [0.4, 0.5) is 10.5 Å². The van der Waals surface area contributed by atoms with Gasteiger partial charge in [0, 0.05) is 21.8 Å². The lowest BCUT2D eigenvalue weighted by Gasteiger charge is -2.12. The SMILES string of the molecule is COc1ccc(Cl)cc1-c1ccc(/C=C2/SC(=O)N(CC(=O)Nc3cccc(Cl)c3)C2=O)o1. The number of nitrogens with zero attached hydrogens (tertiary/aromatic N) is 1. The Kier molecular flexibility index (Phi) is 6.78. The highest BCUT2D eigenvalue weighted by Gasteiger charge is 2.36. The lowest BCUT2D eigenvalue weighted by atomic mass is 10.1. The zero-order chi connectivity index (χ0) is 23.5. The molecule has 0 bridgehead atoms. The highest BCUT2D eigenvalue weighted by molar-refractivity contribution is 8.18. The van der Waals surface area contributed by atoms with Gasteiger partial charge in [0.15, 0.2) is 0 Å². The number of imide groups is 1. The summed E-state index contributed by atoms with van der Waals surface area (Å²) in [5.74, 6) is 0.326. The van der Waals surface area contributed by atoms with Crippen molar-refractivity contribution in [2.45, 2.75) is 0 Å². The van der Waals surface area contributed by atoms with Crippen LogP contribution < -0.4 is 10.1 Å². The third kappa shape index (κ3) is 5.24. The quantitative estimate of drug-likeness (QED) is 0.419. The van der Waals surface area contributed by atoms with Gasteiger partial charge in [-0.1, -0.05) is 29.3 Å². The molecule has 1 N–H and O–H groups in total. The van der Waals surface area contributed by atoms with Crippen molar-refractivity contribution in [1.29, 1.82) is 0 Å². The minimum Gasteiger partial charge on any atom is -0.496 e. The molecular weight excluding hydrogens is 487 g/mol. The maximum Gasteiger partial charge on any atom is 0.294 e. The zero-order valence-electron chi connectivity index (χ0n) is 17.1. The largest absolute Gasteiger partial charge is 0.496 e. The third-order valence-electron chi connectivity index (χ3n) is 4.61. The molecule has 0 spiro atoms. The average Bonchev–Trinajstić information content (AvgIpc) is 3.34. The number of ether oxygens (including phenoxy) is 1. The van der Waals surface area contributed by atoms with Crippen LogP contribution in [0.3, 0.4) is 0 Å². The Morgan fingerprint density at radius 2 is 1.91 bits per heavy atom. The van der Waals surface area contributed by atoms with Gasteiger partial charge < -0.3 is 14.5 Å². The Bertz CT molecular complexity index is 1290. The molecule has 7 nitrogen and oxygen atoms in total. The second kappa shape index (κ2) is 9.74. The molecule has 3 amide bonds. The number of hydrogen-bond donors (Lipinski definition) is 1. The maximum absolute atomic E-state index is 12.7. The molecule has 168 valence electrons. The van der Waals surface area contributed by atoms with Crippen LogP contribution >= 0.6 is 35.0 Å². The molecule has 0 saturated carbocycles. The van der Waals surface area contributed by atoms with Gasteiger partial charge in [-0.2, -0.15) is 0 Å². The van der Waals surface area contributed by atoms with Crippen LogP contribution in [0, 0.1) is 0 Å². The summed E-state index contributed by atoms with van der Waals surface area (Å²) in [4.78, 5) is 38.4. The van der Waals surface area contributed by atoms with Gasteiger partial charge in [-0.25, -0.2) is 0 Å². The van der Waals surface area contributed by atoms with Gasteiger partial charge in [0.1, 0.15) is 23.8 Å². The van der Waals surface area contributed by atoms with Crippen molar-refractivity contribution in [3.8, 4) is 17.1 Å². The molecule has 4 rings (SSSR count). The topological polar surface area (TPSA) is 88.9 Å². The number of furan rings is 1. The first-order valence-electron chi connectivity index (χ1n) is 9.58. The van der Waals surface area contributed by atoms with Crippen molar-refractivity contribution >= 4 is 63.8 Å². The number of amides is 3. The van der Waals surface area contributed by atoms with E-state index in [0.717, 1.165) is 16.7 Å². The molecule has 1 fully saturated rings. The number of benzene rings is 2. The Labute approximate surface area is 203 Å². The lowest BCUT2D eigenvalue weighted by molar-refractivity contribution is -0.127. The summed E-state index contributed by atoms with van der Waals surface area (Å²) < 4.78 is 11.2. The van der Waals surface area contributed by atoms with Crippen LogP contribution in [0.2, 0.25) is 10.0 Å². The molecule has 2 heterocycles. The number of anilines is 1. The van der Waals surface area contributed by atoms with E-state index in [4.69, 9.17) is 32.4 Å². The molecule has 10 heteroatoms. The first kappa shape index (κ1) is 23.0. The molecule has 33 heavy (non-hydrogen) atoms. The Morgan fingerprint density at radius 1 is 1.12 bits per heavy atom. The van der Waals surface area contributed by atoms with Crippen LogP contribution in [-0.2, 0) is 9.59 Å². The van der Waals surface area contributed by atoms with Crippen LogP contribution in [0.1, 0.15) is 5.76 Å². The van der Waals surface area contributed by atoms with Gasteiger partial charge in [0.2, 0.25) is 5.91 Å². The van der Waals surface area contributed by atoms with Gasteiger partial charge in [-0.15, -0.1) is 0 Å². The second-order valence-electron chi connectivity index (χ2n) is 6.87. The molecular formula is C23H16Cl2N2O5S. The zero-order valence-corrected chi connectivity index (χ0v) is 19.5. The van der Waals surface area contributed by atoms with Crippen LogP contribution in [0.25, 0.3) is 17.4 Å². The van der Waals surface area contributed by atoms with E-state index >= 15 is 0 Å². The van der Waals surface area contributed by atoms with E-state index < -0.39 is 23.6 Å². The number of carbonyl (C=O) groups is 3. The van der Waals surface area contributed by atoms with Gasteiger partial charge in [0.05, 0.1) is 17.6 Å². The van der Waals surface area contributed by atoms with E-state index in [-0.39, 0.29) is 4.91 Å². The molecule has 1 saturated heterocycles. The van der Waals surface area contributed by atoms with Crippen molar-refractivity contribution in [2.75, 3.05) is 19.0 Å².